The molecule has 0 saturated heterocycles. The van der Waals surface area contributed by atoms with Crippen molar-refractivity contribution in [2.24, 2.45) is 5.92 Å². The minimum atomic E-state index is -0.761. The molecule has 0 bridgehead atoms. The van der Waals surface area contributed by atoms with Crippen LogP contribution in [0, 0.1) is 12.8 Å². The van der Waals surface area contributed by atoms with Crippen LogP contribution in [0.25, 0.3) is 11.1 Å². The molecule has 0 aliphatic heterocycles. The molecule has 3 aromatic rings. The van der Waals surface area contributed by atoms with E-state index in [1.54, 1.807) is 13.3 Å². The largest absolute Gasteiger partial charge is 0.496 e. The lowest BCUT2D eigenvalue weighted by Crippen LogP contribution is -2.01. The van der Waals surface area contributed by atoms with Gasteiger partial charge in [-0.25, -0.2) is 0 Å². The third kappa shape index (κ3) is 4.21. The molecule has 0 spiro atoms. The number of carboxylic acid groups (broad SMARTS) is 1. The fourth-order valence-corrected chi connectivity index (χ4v) is 3.45. The maximum Gasteiger partial charge on any atom is 0.307 e. The minimum absolute atomic E-state index is 0.0125. The molecule has 1 heterocycles. The molecule has 1 aliphatic rings. The molecule has 1 saturated carbocycles. The third-order valence-electron chi connectivity index (χ3n) is 5.18. The Balaban J connectivity index is 1.54. The lowest BCUT2D eigenvalue weighted by Gasteiger charge is -2.11. The molecule has 4 rings (SSSR count). The van der Waals surface area contributed by atoms with Crippen molar-refractivity contribution in [1.82, 2.24) is 10.2 Å². The third-order valence-corrected chi connectivity index (χ3v) is 5.18. The van der Waals surface area contributed by atoms with Gasteiger partial charge in [-0.15, -0.1) is 0 Å². The first kappa shape index (κ1) is 18.9. The van der Waals surface area contributed by atoms with E-state index in [1.807, 2.05) is 55.5 Å². The van der Waals surface area contributed by atoms with E-state index in [2.05, 4.69) is 10.2 Å². The quantitative estimate of drug-likeness (QED) is 0.650. The van der Waals surface area contributed by atoms with E-state index in [1.165, 1.54) is 5.56 Å². The molecule has 2 atom stereocenters. The van der Waals surface area contributed by atoms with Gasteiger partial charge in [0.05, 0.1) is 19.2 Å². The maximum absolute atomic E-state index is 11.3. The van der Waals surface area contributed by atoms with Gasteiger partial charge in [0, 0.05) is 11.5 Å². The topological polar surface area (TPSA) is 81.5 Å². The standard InChI is InChI=1S/C23H22N2O4/c1-14-3-6-18(7-4-14)29-13-17-9-16(12-24-25-17)15-5-8-22(28-2)20(10-15)19-11-21(19)23(26)27/h3-10,12,19,21H,11,13H2,1-2H3,(H,26,27). The Morgan fingerprint density at radius 2 is 1.93 bits per heavy atom. The molecule has 1 fully saturated rings. The molecule has 1 N–H and O–H groups in total. The van der Waals surface area contributed by atoms with Crippen molar-refractivity contribution < 1.29 is 19.4 Å². The van der Waals surface area contributed by atoms with Crippen LogP contribution in [-0.2, 0) is 11.4 Å². The maximum atomic E-state index is 11.3. The lowest BCUT2D eigenvalue weighted by molar-refractivity contribution is -0.138. The number of ether oxygens (including phenoxy) is 2. The van der Waals surface area contributed by atoms with E-state index in [9.17, 15) is 9.90 Å². The van der Waals surface area contributed by atoms with Gasteiger partial charge < -0.3 is 14.6 Å². The molecule has 6 nitrogen and oxygen atoms in total. The van der Waals surface area contributed by atoms with Crippen LogP contribution in [0.2, 0.25) is 0 Å². The average molecular weight is 390 g/mol. The highest BCUT2D eigenvalue weighted by Crippen LogP contribution is 2.51. The Hall–Kier alpha value is -3.41. The van der Waals surface area contributed by atoms with Crippen molar-refractivity contribution in [2.45, 2.75) is 25.9 Å². The first-order valence-corrected chi connectivity index (χ1v) is 9.47. The SMILES string of the molecule is COc1ccc(-c2cnnc(COc3ccc(C)cc3)c2)cc1C1CC1C(=O)O. The van der Waals surface area contributed by atoms with Gasteiger partial charge in [-0.3, -0.25) is 4.79 Å². The summed E-state index contributed by atoms with van der Waals surface area (Å²) < 4.78 is 11.2. The van der Waals surface area contributed by atoms with Crippen molar-refractivity contribution in [3.05, 3.63) is 71.5 Å². The molecule has 2 unspecified atom stereocenters. The molecule has 2 aromatic carbocycles. The summed E-state index contributed by atoms with van der Waals surface area (Å²) in [5.41, 5.74) is 4.67. The van der Waals surface area contributed by atoms with E-state index in [4.69, 9.17) is 9.47 Å². The van der Waals surface area contributed by atoms with Crippen molar-refractivity contribution in [3.63, 3.8) is 0 Å². The van der Waals surface area contributed by atoms with Crippen LogP contribution < -0.4 is 9.47 Å². The number of aromatic nitrogens is 2. The zero-order chi connectivity index (χ0) is 20.4. The normalized spacial score (nSPS) is 17.6. The van der Waals surface area contributed by atoms with Crippen LogP contribution in [0.5, 0.6) is 11.5 Å². The van der Waals surface area contributed by atoms with Gasteiger partial charge >= 0.3 is 5.97 Å². The number of benzene rings is 2. The summed E-state index contributed by atoms with van der Waals surface area (Å²) in [6.45, 7) is 2.35. The van der Waals surface area contributed by atoms with E-state index >= 15 is 0 Å². The summed E-state index contributed by atoms with van der Waals surface area (Å²) in [6, 6.07) is 15.6. The molecule has 148 valence electrons. The highest BCUT2D eigenvalue weighted by atomic mass is 16.5. The lowest BCUT2D eigenvalue weighted by atomic mass is 10.00. The minimum Gasteiger partial charge on any atom is -0.496 e. The van der Waals surface area contributed by atoms with Gasteiger partial charge in [0.25, 0.3) is 0 Å². The van der Waals surface area contributed by atoms with Crippen LogP contribution in [-0.4, -0.2) is 28.4 Å². The molecule has 6 heteroatoms. The number of hydrogen-bond donors (Lipinski definition) is 1. The second-order valence-electron chi connectivity index (χ2n) is 7.28. The zero-order valence-corrected chi connectivity index (χ0v) is 16.3. The highest BCUT2D eigenvalue weighted by Gasteiger charge is 2.45. The highest BCUT2D eigenvalue weighted by molar-refractivity contribution is 5.76. The predicted molar refractivity (Wildman–Crippen MR) is 108 cm³/mol. The van der Waals surface area contributed by atoms with E-state index in [-0.39, 0.29) is 11.8 Å². The summed E-state index contributed by atoms with van der Waals surface area (Å²) in [5.74, 6) is 0.383. The van der Waals surface area contributed by atoms with E-state index in [0.717, 1.165) is 28.1 Å². The van der Waals surface area contributed by atoms with Gasteiger partial charge in [0.15, 0.2) is 0 Å². The molecule has 29 heavy (non-hydrogen) atoms. The molecule has 1 aliphatic carbocycles. The van der Waals surface area contributed by atoms with Crippen LogP contribution >= 0.6 is 0 Å². The fourth-order valence-electron chi connectivity index (χ4n) is 3.45. The van der Waals surface area contributed by atoms with Crippen molar-refractivity contribution >= 4 is 5.97 Å². The van der Waals surface area contributed by atoms with Gasteiger partial charge in [-0.1, -0.05) is 23.8 Å². The smallest absolute Gasteiger partial charge is 0.307 e. The molecular formula is C23H22N2O4. The zero-order valence-electron chi connectivity index (χ0n) is 16.3. The summed E-state index contributed by atoms with van der Waals surface area (Å²) >= 11 is 0. The van der Waals surface area contributed by atoms with Gasteiger partial charge in [-0.2, -0.15) is 10.2 Å². The molecular weight excluding hydrogens is 368 g/mol. The molecule has 1 aromatic heterocycles. The number of methoxy groups -OCH3 is 1. The second-order valence-corrected chi connectivity index (χ2v) is 7.28. The second kappa shape index (κ2) is 7.91. The van der Waals surface area contributed by atoms with Crippen LogP contribution in [0.4, 0.5) is 0 Å². The number of hydrogen-bond acceptors (Lipinski definition) is 5. The van der Waals surface area contributed by atoms with Crippen molar-refractivity contribution in [2.75, 3.05) is 7.11 Å². The Kier molecular flexibility index (Phi) is 5.16. The van der Waals surface area contributed by atoms with Crippen molar-refractivity contribution in [1.29, 1.82) is 0 Å². The number of carbonyl (C=O) groups is 1. The summed E-state index contributed by atoms with van der Waals surface area (Å²) in [7, 11) is 1.60. The summed E-state index contributed by atoms with van der Waals surface area (Å²) in [4.78, 5) is 11.3. The first-order valence-electron chi connectivity index (χ1n) is 9.47. The Morgan fingerprint density at radius 3 is 2.62 bits per heavy atom. The van der Waals surface area contributed by atoms with E-state index in [0.29, 0.717) is 18.8 Å². The Bertz CT molecular complexity index is 1030. The number of nitrogens with zero attached hydrogens (tertiary/aromatic N) is 2. The predicted octanol–water partition coefficient (Wildman–Crippen LogP) is 4.23. The summed E-state index contributed by atoms with van der Waals surface area (Å²) in [5, 5.41) is 17.5. The monoisotopic (exact) mass is 390 g/mol. The van der Waals surface area contributed by atoms with Crippen LogP contribution in [0.3, 0.4) is 0 Å². The summed E-state index contributed by atoms with van der Waals surface area (Å²) in [6.07, 6.45) is 2.34. The first-order chi connectivity index (χ1) is 14.0. The number of rotatable bonds is 7. The van der Waals surface area contributed by atoms with Gasteiger partial charge in [0.2, 0.25) is 0 Å². The van der Waals surface area contributed by atoms with Gasteiger partial charge in [0.1, 0.15) is 23.8 Å². The molecule has 0 radical (unpaired) electrons. The number of aliphatic carboxylic acids is 1. The number of carboxylic acids is 1. The van der Waals surface area contributed by atoms with Crippen molar-refractivity contribution in [3.8, 4) is 22.6 Å². The fraction of sp³-hybridized carbons (Fsp3) is 0.261. The van der Waals surface area contributed by atoms with Gasteiger partial charge in [-0.05, 0) is 54.8 Å². The average Bonchev–Trinajstić information content (AvgIpc) is 3.54. The van der Waals surface area contributed by atoms with Crippen LogP contribution in [0.1, 0.15) is 29.2 Å². The van der Waals surface area contributed by atoms with E-state index < -0.39 is 5.97 Å². The molecule has 0 amide bonds. The Morgan fingerprint density at radius 1 is 1.14 bits per heavy atom. The Labute approximate surface area is 169 Å². The number of aryl methyl sites for hydroxylation is 1. The van der Waals surface area contributed by atoms with Crippen LogP contribution in [0.15, 0.2) is 54.7 Å².